The Hall–Kier alpha value is -2.83. The minimum atomic E-state index is -0.301. The van der Waals surface area contributed by atoms with Crippen LogP contribution in [-0.4, -0.2) is 47.9 Å². The number of rotatable bonds is 4. The van der Waals surface area contributed by atoms with Crippen LogP contribution in [0.15, 0.2) is 47.1 Å². The lowest BCUT2D eigenvalue weighted by Gasteiger charge is -2.35. The van der Waals surface area contributed by atoms with Crippen LogP contribution in [0.25, 0.3) is 0 Å². The van der Waals surface area contributed by atoms with Crippen LogP contribution in [0.1, 0.15) is 36.0 Å². The summed E-state index contributed by atoms with van der Waals surface area (Å²) < 4.78 is 18.3. The van der Waals surface area contributed by atoms with Crippen LogP contribution in [0, 0.1) is 11.7 Å². The first-order valence-electron chi connectivity index (χ1n) is 9.09. The Kier molecular flexibility index (Phi) is 5.78. The van der Waals surface area contributed by atoms with E-state index in [1.54, 1.807) is 34.1 Å². The molecule has 0 unspecified atom stereocenters. The van der Waals surface area contributed by atoms with Gasteiger partial charge in [0.1, 0.15) is 5.82 Å². The zero-order valence-electron chi connectivity index (χ0n) is 15.5. The average Bonchev–Trinajstić information content (AvgIpc) is 3.21. The van der Waals surface area contributed by atoms with Gasteiger partial charge in [0.15, 0.2) is 5.76 Å². The van der Waals surface area contributed by atoms with E-state index in [4.69, 9.17) is 4.42 Å². The zero-order valence-corrected chi connectivity index (χ0v) is 15.5. The molecule has 3 amide bonds. The molecule has 1 fully saturated rings. The van der Waals surface area contributed by atoms with E-state index in [0.717, 1.165) is 5.56 Å². The Morgan fingerprint density at radius 3 is 2.22 bits per heavy atom. The van der Waals surface area contributed by atoms with Crippen LogP contribution in [0.2, 0.25) is 0 Å². The molecule has 144 valence electrons. The highest BCUT2D eigenvalue weighted by molar-refractivity contribution is 5.91. The Bertz CT molecular complexity index is 766. The molecule has 3 rings (SSSR count). The molecule has 7 heteroatoms. The summed E-state index contributed by atoms with van der Waals surface area (Å²) in [6, 6.07) is 9.12. The molecule has 0 spiro atoms. The van der Waals surface area contributed by atoms with Crippen molar-refractivity contribution in [2.45, 2.75) is 19.9 Å². The van der Waals surface area contributed by atoms with Crippen molar-refractivity contribution in [3.63, 3.8) is 0 Å². The molecule has 6 nitrogen and oxygen atoms in total. The van der Waals surface area contributed by atoms with Gasteiger partial charge in [0.25, 0.3) is 5.91 Å². The SMILES string of the molecule is CC(C)[C@@H](NC(=O)N1CCN(C(=O)c2ccco2)CC1)c1ccc(F)cc1. The minimum Gasteiger partial charge on any atom is -0.459 e. The maximum Gasteiger partial charge on any atom is 0.318 e. The first-order chi connectivity index (χ1) is 13.0. The molecule has 1 atom stereocenters. The summed E-state index contributed by atoms with van der Waals surface area (Å²) in [5, 5.41) is 3.04. The molecule has 1 saturated heterocycles. The quantitative estimate of drug-likeness (QED) is 0.894. The van der Waals surface area contributed by atoms with Crippen molar-refractivity contribution in [1.82, 2.24) is 15.1 Å². The molecule has 27 heavy (non-hydrogen) atoms. The zero-order chi connectivity index (χ0) is 19.4. The molecular weight excluding hydrogens is 349 g/mol. The normalized spacial score (nSPS) is 15.7. The van der Waals surface area contributed by atoms with Crippen molar-refractivity contribution >= 4 is 11.9 Å². The third-order valence-corrected chi connectivity index (χ3v) is 4.76. The van der Waals surface area contributed by atoms with Gasteiger partial charge in [0.05, 0.1) is 12.3 Å². The number of halogens is 1. The highest BCUT2D eigenvalue weighted by Gasteiger charge is 2.28. The summed E-state index contributed by atoms with van der Waals surface area (Å²) in [6.45, 7) is 5.83. The number of carbonyl (C=O) groups excluding carboxylic acids is 2. The fourth-order valence-electron chi connectivity index (χ4n) is 3.20. The van der Waals surface area contributed by atoms with Gasteiger partial charge >= 0.3 is 6.03 Å². The number of nitrogens with zero attached hydrogens (tertiary/aromatic N) is 2. The standard InChI is InChI=1S/C20H24FN3O3/c1-14(2)18(15-5-7-16(21)8-6-15)22-20(26)24-11-9-23(10-12-24)19(25)17-4-3-13-27-17/h3-8,13-14,18H,9-12H2,1-2H3,(H,22,26)/t18-/m1/s1. The van der Waals surface area contributed by atoms with Gasteiger partial charge < -0.3 is 19.5 Å². The summed E-state index contributed by atoms with van der Waals surface area (Å²) in [5.41, 5.74) is 0.867. The van der Waals surface area contributed by atoms with Gasteiger partial charge in [0.2, 0.25) is 0 Å². The third kappa shape index (κ3) is 4.48. The lowest BCUT2D eigenvalue weighted by molar-refractivity contribution is 0.0631. The smallest absolute Gasteiger partial charge is 0.318 e. The lowest BCUT2D eigenvalue weighted by atomic mass is 9.96. The molecule has 2 heterocycles. The van der Waals surface area contributed by atoms with Crippen molar-refractivity contribution in [2.24, 2.45) is 5.92 Å². The summed E-state index contributed by atoms with van der Waals surface area (Å²) in [6.07, 6.45) is 1.47. The van der Waals surface area contributed by atoms with Crippen molar-refractivity contribution in [2.75, 3.05) is 26.2 Å². The van der Waals surface area contributed by atoms with Gasteiger partial charge in [-0.15, -0.1) is 0 Å². The number of benzene rings is 1. The minimum absolute atomic E-state index is 0.154. The van der Waals surface area contributed by atoms with Crippen molar-refractivity contribution < 1.29 is 18.4 Å². The molecule has 0 radical (unpaired) electrons. The molecule has 1 aliphatic rings. The first kappa shape index (κ1) is 18.9. The van der Waals surface area contributed by atoms with Crippen LogP contribution in [-0.2, 0) is 0 Å². The second-order valence-electron chi connectivity index (χ2n) is 6.98. The molecule has 0 saturated carbocycles. The van der Waals surface area contributed by atoms with E-state index >= 15 is 0 Å². The Balaban J connectivity index is 1.58. The van der Waals surface area contributed by atoms with Gasteiger partial charge in [-0.1, -0.05) is 26.0 Å². The second kappa shape index (κ2) is 8.24. The monoisotopic (exact) mass is 373 g/mol. The van der Waals surface area contributed by atoms with Crippen LogP contribution in [0.4, 0.5) is 9.18 Å². The highest BCUT2D eigenvalue weighted by atomic mass is 19.1. The highest BCUT2D eigenvalue weighted by Crippen LogP contribution is 2.22. The van der Waals surface area contributed by atoms with E-state index in [9.17, 15) is 14.0 Å². The number of carbonyl (C=O) groups is 2. The van der Waals surface area contributed by atoms with Gasteiger partial charge in [-0.2, -0.15) is 0 Å². The van der Waals surface area contributed by atoms with E-state index in [1.807, 2.05) is 13.8 Å². The molecule has 2 aromatic rings. The molecule has 1 aromatic carbocycles. The maximum absolute atomic E-state index is 13.2. The third-order valence-electron chi connectivity index (χ3n) is 4.76. The number of urea groups is 1. The van der Waals surface area contributed by atoms with Crippen LogP contribution in [0.5, 0.6) is 0 Å². The average molecular weight is 373 g/mol. The Labute approximate surface area is 157 Å². The maximum atomic E-state index is 13.2. The predicted octanol–water partition coefficient (Wildman–Crippen LogP) is 3.28. The van der Waals surface area contributed by atoms with E-state index in [1.165, 1.54) is 18.4 Å². The van der Waals surface area contributed by atoms with E-state index in [2.05, 4.69) is 5.32 Å². The Morgan fingerprint density at radius 1 is 1.04 bits per heavy atom. The van der Waals surface area contributed by atoms with Crippen LogP contribution < -0.4 is 5.32 Å². The van der Waals surface area contributed by atoms with E-state index in [0.29, 0.717) is 31.9 Å². The van der Waals surface area contributed by atoms with Crippen LogP contribution >= 0.6 is 0 Å². The molecule has 1 N–H and O–H groups in total. The summed E-state index contributed by atoms with van der Waals surface area (Å²) in [5.74, 6) is 0.00155. The molecule has 0 aliphatic carbocycles. The summed E-state index contributed by atoms with van der Waals surface area (Å²) in [7, 11) is 0. The fraction of sp³-hybridized carbons (Fsp3) is 0.400. The fourth-order valence-corrected chi connectivity index (χ4v) is 3.20. The Morgan fingerprint density at radius 2 is 1.67 bits per heavy atom. The van der Waals surface area contributed by atoms with Crippen molar-refractivity contribution in [1.29, 1.82) is 0 Å². The van der Waals surface area contributed by atoms with Crippen molar-refractivity contribution in [3.8, 4) is 0 Å². The predicted molar refractivity (Wildman–Crippen MR) is 98.7 cm³/mol. The molecule has 0 bridgehead atoms. The van der Waals surface area contributed by atoms with Gasteiger partial charge in [-0.05, 0) is 35.7 Å². The first-order valence-corrected chi connectivity index (χ1v) is 9.09. The van der Waals surface area contributed by atoms with Gasteiger partial charge in [-0.3, -0.25) is 4.79 Å². The van der Waals surface area contributed by atoms with E-state index < -0.39 is 0 Å². The number of furan rings is 1. The molecule has 1 aliphatic heterocycles. The number of amides is 3. The summed E-state index contributed by atoms with van der Waals surface area (Å²) >= 11 is 0. The number of nitrogens with one attached hydrogen (secondary N) is 1. The molecular formula is C20H24FN3O3. The van der Waals surface area contributed by atoms with Crippen LogP contribution in [0.3, 0.4) is 0 Å². The largest absolute Gasteiger partial charge is 0.459 e. The van der Waals surface area contributed by atoms with Crippen molar-refractivity contribution in [3.05, 3.63) is 59.8 Å². The topological polar surface area (TPSA) is 65.8 Å². The van der Waals surface area contributed by atoms with Gasteiger partial charge in [0, 0.05) is 26.2 Å². The second-order valence-corrected chi connectivity index (χ2v) is 6.98. The van der Waals surface area contributed by atoms with E-state index in [-0.39, 0.29) is 29.7 Å². The number of hydrogen-bond donors (Lipinski definition) is 1. The number of piperazine rings is 1. The van der Waals surface area contributed by atoms with Gasteiger partial charge in [-0.25, -0.2) is 9.18 Å². The molecule has 1 aromatic heterocycles. The lowest BCUT2D eigenvalue weighted by Crippen LogP contribution is -2.53. The number of hydrogen-bond acceptors (Lipinski definition) is 3. The summed E-state index contributed by atoms with van der Waals surface area (Å²) in [4.78, 5) is 28.4.